The lowest BCUT2D eigenvalue weighted by Crippen LogP contribution is -2.83. The van der Waals surface area contributed by atoms with E-state index in [9.17, 15) is 19.5 Å². The Hall–Kier alpha value is -1.62. The number of carbonyl (C=O) groups is 3. The van der Waals surface area contributed by atoms with Crippen LogP contribution in [0.25, 0.3) is 0 Å². The van der Waals surface area contributed by atoms with Crippen LogP contribution in [0.4, 0.5) is 5.00 Å². The molecule has 0 saturated carbocycles. The molecule has 3 rings (SSSR count). The number of aliphatic carboxylic acids is 1. The first-order valence-electron chi connectivity index (χ1n) is 7.88. The average Bonchev–Trinajstić information content (AvgIpc) is 3.12. The Balaban J connectivity index is 1.95. The van der Waals surface area contributed by atoms with Gasteiger partial charge >= 0.3 is 5.97 Å². The van der Waals surface area contributed by atoms with Gasteiger partial charge in [0.25, 0.3) is 11.6 Å². The zero-order chi connectivity index (χ0) is 19.1. The molecule has 2 saturated heterocycles. The number of carboxylic acid groups (broad SMARTS) is 1. The van der Waals surface area contributed by atoms with Gasteiger partial charge in [-0.15, -0.1) is 23.1 Å². The third kappa shape index (κ3) is 2.55. The number of β-lactam (4-membered cyclic amide) rings is 1. The molecule has 3 atom stereocenters. The summed E-state index contributed by atoms with van der Waals surface area (Å²) in [6.45, 7) is 1.41. The number of methoxy groups -OCH3 is 2. The van der Waals surface area contributed by atoms with Crippen molar-refractivity contribution in [3.63, 3.8) is 0 Å². The summed E-state index contributed by atoms with van der Waals surface area (Å²) in [5.74, 6) is -1.47. The Kier molecular flexibility index (Phi) is 5.04. The summed E-state index contributed by atoms with van der Waals surface area (Å²) in [5, 5.41) is 11.6. The van der Waals surface area contributed by atoms with E-state index in [0.29, 0.717) is 5.00 Å². The van der Waals surface area contributed by atoms with Gasteiger partial charge in [-0.3, -0.25) is 19.3 Å². The molecule has 10 heteroatoms. The maximum Gasteiger partial charge on any atom is 0.314 e. The van der Waals surface area contributed by atoms with Crippen molar-refractivity contribution in [1.82, 2.24) is 4.90 Å². The van der Waals surface area contributed by atoms with Crippen LogP contribution in [-0.4, -0.2) is 72.0 Å². The summed E-state index contributed by atoms with van der Waals surface area (Å²) in [5.41, 5.74) is -2.63. The van der Waals surface area contributed by atoms with Crippen LogP contribution in [0.15, 0.2) is 17.5 Å². The van der Waals surface area contributed by atoms with Crippen molar-refractivity contribution < 1.29 is 29.0 Å². The number of thioether (sulfide) groups is 1. The molecular weight excluding hydrogens is 380 g/mol. The van der Waals surface area contributed by atoms with E-state index in [-0.39, 0.29) is 24.8 Å². The number of hydrogen-bond donors (Lipinski definition) is 1. The maximum absolute atomic E-state index is 13.1. The standard InChI is InChI=1S/C16H20N2O6S2/c1-10(19)18(11-5-4-6-25-11)16(24-3)12(20)17-7-15(8-23-2,14(21)22)9-26-13(16)17/h4-6,13H,7-9H2,1-3H3,(H,21,22)/t13-,15?,16?/m1/s1. The fourth-order valence-electron chi connectivity index (χ4n) is 3.52. The Labute approximate surface area is 159 Å². The fraction of sp³-hybridized carbons (Fsp3) is 0.562. The van der Waals surface area contributed by atoms with E-state index in [2.05, 4.69) is 0 Å². The Morgan fingerprint density at radius 2 is 2.19 bits per heavy atom. The minimum absolute atomic E-state index is 0.00711. The molecule has 3 heterocycles. The van der Waals surface area contributed by atoms with E-state index in [4.69, 9.17) is 9.47 Å². The largest absolute Gasteiger partial charge is 0.481 e. The van der Waals surface area contributed by atoms with Crippen LogP contribution in [0.5, 0.6) is 0 Å². The molecule has 2 unspecified atom stereocenters. The smallest absolute Gasteiger partial charge is 0.314 e. The first kappa shape index (κ1) is 19.2. The third-order valence-corrected chi connectivity index (χ3v) is 7.20. The van der Waals surface area contributed by atoms with Gasteiger partial charge in [0.05, 0.1) is 6.61 Å². The average molecular weight is 400 g/mol. The molecule has 2 aliphatic heterocycles. The summed E-state index contributed by atoms with van der Waals surface area (Å²) in [7, 11) is 2.83. The zero-order valence-corrected chi connectivity index (χ0v) is 16.3. The van der Waals surface area contributed by atoms with Gasteiger partial charge in [-0.05, 0) is 17.5 Å². The number of nitrogens with zero attached hydrogens (tertiary/aromatic N) is 2. The highest BCUT2D eigenvalue weighted by Gasteiger charge is 2.70. The number of carbonyl (C=O) groups excluding carboxylic acids is 2. The van der Waals surface area contributed by atoms with Crippen molar-refractivity contribution >= 4 is 45.9 Å². The van der Waals surface area contributed by atoms with Crippen molar-refractivity contribution in [2.45, 2.75) is 18.0 Å². The van der Waals surface area contributed by atoms with Crippen LogP contribution in [0.1, 0.15) is 6.92 Å². The molecule has 0 bridgehead atoms. The van der Waals surface area contributed by atoms with E-state index >= 15 is 0 Å². The predicted molar refractivity (Wildman–Crippen MR) is 97.1 cm³/mol. The van der Waals surface area contributed by atoms with Gasteiger partial charge in [-0.2, -0.15) is 0 Å². The monoisotopic (exact) mass is 400 g/mol. The first-order valence-corrected chi connectivity index (χ1v) is 9.81. The second-order valence-electron chi connectivity index (χ2n) is 6.32. The molecule has 1 aromatic rings. The van der Waals surface area contributed by atoms with Crippen molar-refractivity contribution in [2.75, 3.05) is 38.0 Å². The number of thiophene rings is 1. The molecule has 1 aromatic heterocycles. The van der Waals surface area contributed by atoms with Gasteiger partial charge in [0.15, 0.2) is 0 Å². The van der Waals surface area contributed by atoms with Gasteiger partial charge in [-0.25, -0.2) is 0 Å². The van der Waals surface area contributed by atoms with E-state index in [1.54, 1.807) is 12.1 Å². The van der Waals surface area contributed by atoms with Crippen LogP contribution in [0, 0.1) is 5.41 Å². The van der Waals surface area contributed by atoms with Crippen LogP contribution >= 0.6 is 23.1 Å². The minimum Gasteiger partial charge on any atom is -0.481 e. The molecule has 2 aliphatic rings. The van der Waals surface area contributed by atoms with Crippen LogP contribution in [-0.2, 0) is 23.9 Å². The summed E-state index contributed by atoms with van der Waals surface area (Å²) < 4.78 is 10.7. The Bertz CT molecular complexity index is 726. The van der Waals surface area contributed by atoms with Gasteiger partial charge in [0.2, 0.25) is 5.91 Å². The molecule has 26 heavy (non-hydrogen) atoms. The van der Waals surface area contributed by atoms with Gasteiger partial charge < -0.3 is 19.5 Å². The third-order valence-electron chi connectivity index (χ3n) is 4.73. The Morgan fingerprint density at radius 1 is 1.46 bits per heavy atom. The van der Waals surface area contributed by atoms with Crippen molar-refractivity contribution in [3.8, 4) is 0 Å². The highest BCUT2D eigenvalue weighted by atomic mass is 32.2. The Morgan fingerprint density at radius 3 is 2.69 bits per heavy atom. The van der Waals surface area contributed by atoms with E-state index < -0.39 is 28.4 Å². The summed E-state index contributed by atoms with van der Waals surface area (Å²) in [4.78, 5) is 40.1. The lowest BCUT2D eigenvalue weighted by molar-refractivity contribution is -0.194. The van der Waals surface area contributed by atoms with Crippen LogP contribution in [0.2, 0.25) is 0 Å². The van der Waals surface area contributed by atoms with Crippen molar-refractivity contribution in [2.24, 2.45) is 5.41 Å². The fourth-order valence-corrected chi connectivity index (χ4v) is 6.00. The second-order valence-corrected chi connectivity index (χ2v) is 8.32. The maximum atomic E-state index is 13.1. The molecule has 142 valence electrons. The molecule has 1 N–H and O–H groups in total. The number of ether oxygens (including phenoxy) is 2. The topological polar surface area (TPSA) is 96.4 Å². The molecule has 0 aromatic carbocycles. The highest BCUT2D eigenvalue weighted by molar-refractivity contribution is 8.00. The summed E-state index contributed by atoms with van der Waals surface area (Å²) in [6.07, 6.45) is 0. The van der Waals surface area contributed by atoms with Gasteiger partial charge in [0.1, 0.15) is 15.8 Å². The molecule has 8 nitrogen and oxygen atoms in total. The van der Waals surface area contributed by atoms with Crippen molar-refractivity contribution in [1.29, 1.82) is 0 Å². The van der Waals surface area contributed by atoms with Crippen LogP contribution in [0.3, 0.4) is 0 Å². The number of hydrogen-bond acceptors (Lipinski definition) is 7. The lowest BCUT2D eigenvalue weighted by atomic mass is 9.86. The van der Waals surface area contributed by atoms with Gasteiger partial charge in [0, 0.05) is 33.4 Å². The van der Waals surface area contributed by atoms with Crippen LogP contribution < -0.4 is 4.90 Å². The molecular formula is C16H20N2O6S2. The van der Waals surface area contributed by atoms with E-state index in [1.165, 1.54) is 54.0 Å². The number of anilines is 1. The number of fused-ring (bicyclic) bond motifs is 1. The molecule has 0 spiro atoms. The van der Waals surface area contributed by atoms with E-state index in [1.807, 2.05) is 5.38 Å². The quantitative estimate of drug-likeness (QED) is 0.564. The van der Waals surface area contributed by atoms with Gasteiger partial charge in [-0.1, -0.05) is 0 Å². The first-order chi connectivity index (χ1) is 12.3. The normalized spacial score (nSPS) is 30.5. The molecule has 0 radical (unpaired) electrons. The second kappa shape index (κ2) is 6.84. The van der Waals surface area contributed by atoms with Crippen molar-refractivity contribution in [3.05, 3.63) is 17.5 Å². The molecule has 0 aliphatic carbocycles. The van der Waals surface area contributed by atoms with E-state index in [0.717, 1.165) is 0 Å². The highest BCUT2D eigenvalue weighted by Crippen LogP contribution is 2.51. The lowest BCUT2D eigenvalue weighted by Gasteiger charge is -2.61. The SMILES string of the molecule is COCC1(C(=O)O)CS[C@H]2N(C1)C(=O)C2(OC)N(C(C)=O)c1cccs1. The predicted octanol–water partition coefficient (Wildman–Crippen LogP) is 1.08. The molecule has 2 fully saturated rings. The minimum atomic E-state index is -1.46. The number of amides is 2. The summed E-state index contributed by atoms with van der Waals surface area (Å²) >= 11 is 2.63. The zero-order valence-electron chi connectivity index (χ0n) is 14.6. The number of carboxylic acids is 1. The number of rotatable bonds is 6. The summed E-state index contributed by atoms with van der Waals surface area (Å²) in [6, 6.07) is 3.55. The molecule has 2 amide bonds.